The lowest BCUT2D eigenvalue weighted by molar-refractivity contribution is -0.148. The van der Waals surface area contributed by atoms with Crippen molar-refractivity contribution in [2.24, 2.45) is 0 Å². The van der Waals surface area contributed by atoms with Crippen LogP contribution < -0.4 is 5.32 Å². The van der Waals surface area contributed by atoms with E-state index in [1.807, 2.05) is 38.1 Å². The highest BCUT2D eigenvalue weighted by Crippen LogP contribution is 2.17. The molecule has 0 bridgehead atoms. The number of allylic oxidation sites excluding steroid dienone is 1. The van der Waals surface area contributed by atoms with Crippen molar-refractivity contribution in [2.75, 3.05) is 6.61 Å². The molecule has 2 N–H and O–H groups in total. The van der Waals surface area contributed by atoms with E-state index in [9.17, 15) is 19.2 Å². The Bertz CT molecular complexity index is 680. The van der Waals surface area contributed by atoms with Crippen molar-refractivity contribution in [2.45, 2.75) is 32.7 Å². The summed E-state index contributed by atoms with van der Waals surface area (Å²) in [6.45, 7) is 3.20. The van der Waals surface area contributed by atoms with Gasteiger partial charge in [-0.25, -0.2) is 0 Å². The molecule has 25 heavy (non-hydrogen) atoms. The molecule has 7 nitrogen and oxygen atoms in total. The molecule has 7 heteroatoms. The number of nitrogens with one attached hydrogen (secondary N) is 1. The van der Waals surface area contributed by atoms with Gasteiger partial charge in [-0.15, -0.1) is 0 Å². The lowest BCUT2D eigenvalue weighted by atomic mass is 9.99. The van der Waals surface area contributed by atoms with E-state index < -0.39 is 36.8 Å². The maximum atomic E-state index is 12.0. The standard InChI is InChI=1S/C18H21NO6/c1-3-5-14-12(2)6-4-7-13(14)8-18(24)25-10-16(21)15(19-11-20)9-17(22)23/h3-7,11,15H,8-10H2,1-2H3,(H,19,20)(H,22,23)/b5-3-. The summed E-state index contributed by atoms with van der Waals surface area (Å²) in [5.74, 6) is -2.53. The van der Waals surface area contributed by atoms with Crippen LogP contribution in [0, 0.1) is 6.92 Å². The number of amides is 1. The Hall–Kier alpha value is -2.96. The van der Waals surface area contributed by atoms with Crippen LogP contribution in [-0.4, -0.2) is 41.9 Å². The number of ether oxygens (including phenoxy) is 1. The van der Waals surface area contributed by atoms with Crippen LogP contribution in [-0.2, 0) is 30.3 Å². The number of ketones is 1. The van der Waals surface area contributed by atoms with Crippen LogP contribution >= 0.6 is 0 Å². The maximum absolute atomic E-state index is 12.0. The molecular weight excluding hydrogens is 326 g/mol. The number of rotatable bonds is 10. The summed E-state index contributed by atoms with van der Waals surface area (Å²) < 4.78 is 4.93. The van der Waals surface area contributed by atoms with Gasteiger partial charge in [0.25, 0.3) is 0 Å². The van der Waals surface area contributed by atoms with Gasteiger partial charge in [0.1, 0.15) is 6.04 Å². The van der Waals surface area contributed by atoms with E-state index in [4.69, 9.17) is 9.84 Å². The summed E-state index contributed by atoms with van der Waals surface area (Å²) in [4.78, 5) is 45.0. The van der Waals surface area contributed by atoms with Crippen LogP contribution in [0.15, 0.2) is 24.3 Å². The van der Waals surface area contributed by atoms with E-state index >= 15 is 0 Å². The van der Waals surface area contributed by atoms with Crippen LogP contribution in [0.5, 0.6) is 0 Å². The fourth-order valence-corrected chi connectivity index (χ4v) is 2.28. The third kappa shape index (κ3) is 6.58. The number of Topliss-reactive ketones (excluding diaryl/α,β-unsaturated/α-hetero) is 1. The molecule has 1 aromatic rings. The predicted molar refractivity (Wildman–Crippen MR) is 90.8 cm³/mol. The Morgan fingerprint density at radius 3 is 2.64 bits per heavy atom. The molecule has 1 amide bonds. The van der Waals surface area contributed by atoms with Gasteiger partial charge in [0.15, 0.2) is 12.4 Å². The highest BCUT2D eigenvalue weighted by molar-refractivity contribution is 5.91. The Morgan fingerprint density at radius 2 is 2.04 bits per heavy atom. The molecular formula is C18H21NO6. The first-order chi connectivity index (χ1) is 11.9. The first-order valence-electron chi connectivity index (χ1n) is 7.70. The zero-order chi connectivity index (χ0) is 18.8. The Labute approximate surface area is 145 Å². The zero-order valence-electron chi connectivity index (χ0n) is 14.2. The predicted octanol–water partition coefficient (Wildman–Crippen LogP) is 1.27. The monoisotopic (exact) mass is 347 g/mol. The lowest BCUT2D eigenvalue weighted by Gasteiger charge is -2.13. The molecule has 0 aliphatic rings. The average Bonchev–Trinajstić information content (AvgIpc) is 2.55. The van der Waals surface area contributed by atoms with Gasteiger partial charge in [-0.3, -0.25) is 19.2 Å². The lowest BCUT2D eigenvalue weighted by Crippen LogP contribution is -2.40. The normalized spacial score (nSPS) is 11.8. The van der Waals surface area contributed by atoms with Crippen molar-refractivity contribution < 1.29 is 29.0 Å². The molecule has 0 radical (unpaired) electrons. The van der Waals surface area contributed by atoms with Crippen LogP contribution in [0.1, 0.15) is 30.0 Å². The number of carboxylic acids is 1. The highest BCUT2D eigenvalue weighted by Gasteiger charge is 2.22. The minimum Gasteiger partial charge on any atom is -0.481 e. The maximum Gasteiger partial charge on any atom is 0.310 e. The molecule has 1 aromatic carbocycles. The minimum atomic E-state index is -1.24. The molecule has 0 saturated carbocycles. The van der Waals surface area contributed by atoms with Gasteiger partial charge in [-0.05, 0) is 30.5 Å². The molecule has 134 valence electrons. The number of esters is 1. The van der Waals surface area contributed by atoms with Crippen molar-refractivity contribution >= 4 is 30.2 Å². The number of carbonyl (C=O) groups excluding carboxylic acids is 3. The summed E-state index contributed by atoms with van der Waals surface area (Å²) in [6.07, 6.45) is 3.41. The Balaban J connectivity index is 2.68. The van der Waals surface area contributed by atoms with Crippen LogP contribution in [0.2, 0.25) is 0 Å². The summed E-state index contributed by atoms with van der Waals surface area (Å²) >= 11 is 0. The van der Waals surface area contributed by atoms with E-state index in [-0.39, 0.29) is 12.8 Å². The van der Waals surface area contributed by atoms with Gasteiger partial charge in [-0.1, -0.05) is 30.4 Å². The van der Waals surface area contributed by atoms with E-state index in [1.54, 1.807) is 6.07 Å². The number of hydrogen-bond donors (Lipinski definition) is 2. The number of carboxylic acid groups (broad SMARTS) is 1. The Morgan fingerprint density at radius 1 is 1.32 bits per heavy atom. The van der Waals surface area contributed by atoms with E-state index in [0.29, 0.717) is 0 Å². The average molecular weight is 347 g/mol. The number of aliphatic carboxylic acids is 1. The molecule has 1 rings (SSSR count). The highest BCUT2D eigenvalue weighted by atomic mass is 16.5. The second-order valence-electron chi connectivity index (χ2n) is 5.39. The van der Waals surface area contributed by atoms with Gasteiger partial charge in [-0.2, -0.15) is 0 Å². The minimum absolute atomic E-state index is 0.0145. The fraction of sp³-hybridized carbons (Fsp3) is 0.333. The third-order valence-electron chi connectivity index (χ3n) is 3.49. The van der Waals surface area contributed by atoms with Gasteiger partial charge in [0, 0.05) is 0 Å². The number of aryl methyl sites for hydroxylation is 1. The molecule has 0 aliphatic carbocycles. The molecule has 0 saturated heterocycles. The largest absolute Gasteiger partial charge is 0.481 e. The molecule has 0 spiro atoms. The third-order valence-corrected chi connectivity index (χ3v) is 3.49. The van der Waals surface area contributed by atoms with Gasteiger partial charge < -0.3 is 15.2 Å². The fourth-order valence-electron chi connectivity index (χ4n) is 2.28. The number of carbonyl (C=O) groups is 4. The van der Waals surface area contributed by atoms with Crippen molar-refractivity contribution in [3.8, 4) is 0 Å². The molecule has 1 atom stereocenters. The molecule has 0 aliphatic heterocycles. The van der Waals surface area contributed by atoms with Crippen molar-refractivity contribution in [1.82, 2.24) is 5.32 Å². The van der Waals surface area contributed by atoms with Gasteiger partial charge in [0.2, 0.25) is 6.41 Å². The number of hydrogen-bond acceptors (Lipinski definition) is 5. The summed E-state index contributed by atoms with van der Waals surface area (Å²) in [5.41, 5.74) is 2.69. The molecule has 0 aromatic heterocycles. The molecule has 1 unspecified atom stereocenters. The summed E-state index contributed by atoms with van der Waals surface area (Å²) in [5, 5.41) is 10.8. The van der Waals surface area contributed by atoms with Crippen LogP contribution in [0.25, 0.3) is 6.08 Å². The zero-order valence-corrected chi connectivity index (χ0v) is 14.2. The molecule has 0 heterocycles. The summed E-state index contributed by atoms with van der Waals surface area (Å²) in [6, 6.07) is 4.33. The topological polar surface area (TPSA) is 110 Å². The second-order valence-corrected chi connectivity index (χ2v) is 5.39. The van der Waals surface area contributed by atoms with E-state index in [0.717, 1.165) is 16.7 Å². The quantitative estimate of drug-likeness (QED) is 0.487. The van der Waals surface area contributed by atoms with Crippen LogP contribution in [0.3, 0.4) is 0 Å². The van der Waals surface area contributed by atoms with Crippen molar-refractivity contribution in [3.63, 3.8) is 0 Å². The van der Waals surface area contributed by atoms with Crippen LogP contribution in [0.4, 0.5) is 0 Å². The van der Waals surface area contributed by atoms with E-state index in [2.05, 4.69) is 5.32 Å². The van der Waals surface area contributed by atoms with Crippen molar-refractivity contribution in [1.29, 1.82) is 0 Å². The first-order valence-corrected chi connectivity index (χ1v) is 7.70. The smallest absolute Gasteiger partial charge is 0.310 e. The first kappa shape index (κ1) is 20.1. The second kappa shape index (κ2) is 10.0. The van der Waals surface area contributed by atoms with Gasteiger partial charge in [0.05, 0.1) is 12.8 Å². The van der Waals surface area contributed by atoms with Crippen molar-refractivity contribution in [3.05, 3.63) is 41.0 Å². The van der Waals surface area contributed by atoms with Gasteiger partial charge >= 0.3 is 11.9 Å². The number of benzene rings is 1. The Kier molecular flexibility index (Phi) is 8.05. The SMILES string of the molecule is C/C=C\c1c(C)cccc1CC(=O)OCC(=O)C(CC(=O)O)NC=O. The summed E-state index contributed by atoms with van der Waals surface area (Å²) in [7, 11) is 0. The molecule has 0 fully saturated rings. The van der Waals surface area contributed by atoms with E-state index in [1.165, 1.54) is 0 Å².